The smallest absolute Gasteiger partial charge is 0.324 e. The molecule has 22 heavy (non-hydrogen) atoms. The third kappa shape index (κ3) is 2.65. The lowest BCUT2D eigenvalue weighted by Crippen LogP contribution is -2.19. The van der Waals surface area contributed by atoms with E-state index in [4.69, 9.17) is 0 Å². The van der Waals surface area contributed by atoms with Gasteiger partial charge in [-0.15, -0.1) is 0 Å². The number of nitrogens with zero attached hydrogens (tertiary/aromatic N) is 1. The molecule has 0 radical (unpaired) electrons. The normalized spacial score (nSPS) is 11.6. The van der Waals surface area contributed by atoms with Crippen LogP contribution in [0.2, 0.25) is 0 Å². The number of aromatic nitrogens is 2. The molecule has 2 aromatic carbocycles. The quantitative estimate of drug-likeness (QED) is 0.756. The van der Waals surface area contributed by atoms with Crippen LogP contribution in [0.3, 0.4) is 0 Å². The summed E-state index contributed by atoms with van der Waals surface area (Å²) in [5, 5.41) is 2.35. The number of imidazole rings is 1. The van der Waals surface area contributed by atoms with Crippen molar-refractivity contribution in [3.8, 4) is 0 Å². The number of aromatic amines is 1. The maximum Gasteiger partial charge on any atom is 0.417 e. The van der Waals surface area contributed by atoms with Gasteiger partial charge >= 0.3 is 6.18 Å². The van der Waals surface area contributed by atoms with E-state index in [1.54, 1.807) is 24.3 Å². The number of anilines is 1. The summed E-state index contributed by atoms with van der Waals surface area (Å²) in [4.78, 5) is 19.0. The first-order valence-electron chi connectivity index (χ1n) is 6.37. The van der Waals surface area contributed by atoms with E-state index in [0.717, 1.165) is 12.1 Å². The molecular weight excluding hydrogens is 295 g/mol. The maximum atomic E-state index is 12.9. The van der Waals surface area contributed by atoms with Crippen molar-refractivity contribution in [2.75, 3.05) is 5.32 Å². The molecule has 2 N–H and O–H groups in total. The first-order chi connectivity index (χ1) is 10.4. The van der Waals surface area contributed by atoms with Crippen LogP contribution in [0.25, 0.3) is 11.0 Å². The molecule has 1 amide bonds. The van der Waals surface area contributed by atoms with Gasteiger partial charge in [-0.3, -0.25) is 10.1 Å². The van der Waals surface area contributed by atoms with Crippen molar-refractivity contribution in [2.24, 2.45) is 0 Å². The van der Waals surface area contributed by atoms with Gasteiger partial charge in [-0.1, -0.05) is 24.3 Å². The summed E-state index contributed by atoms with van der Waals surface area (Å²) in [6, 6.07) is 11.6. The largest absolute Gasteiger partial charge is 0.417 e. The molecule has 0 bridgehead atoms. The molecule has 0 unspecified atom stereocenters. The van der Waals surface area contributed by atoms with Gasteiger partial charge in [0, 0.05) is 0 Å². The van der Waals surface area contributed by atoms with E-state index >= 15 is 0 Å². The van der Waals surface area contributed by atoms with Crippen molar-refractivity contribution in [1.82, 2.24) is 9.97 Å². The van der Waals surface area contributed by atoms with Crippen molar-refractivity contribution < 1.29 is 18.0 Å². The summed E-state index contributed by atoms with van der Waals surface area (Å²) in [6.45, 7) is 0. The highest BCUT2D eigenvalue weighted by Crippen LogP contribution is 2.32. The van der Waals surface area contributed by atoms with Crippen molar-refractivity contribution in [3.63, 3.8) is 0 Å². The van der Waals surface area contributed by atoms with Crippen LogP contribution in [0.15, 0.2) is 48.5 Å². The number of nitrogens with one attached hydrogen (secondary N) is 2. The van der Waals surface area contributed by atoms with Crippen LogP contribution < -0.4 is 5.32 Å². The zero-order chi connectivity index (χ0) is 15.7. The van der Waals surface area contributed by atoms with E-state index in [0.29, 0.717) is 11.0 Å². The summed E-state index contributed by atoms with van der Waals surface area (Å²) in [6.07, 6.45) is -4.60. The summed E-state index contributed by atoms with van der Waals surface area (Å²) < 4.78 is 38.7. The Bertz CT molecular complexity index is 806. The fraction of sp³-hybridized carbons (Fsp3) is 0.0667. The van der Waals surface area contributed by atoms with Gasteiger partial charge in [-0.05, 0) is 24.3 Å². The Morgan fingerprint density at radius 2 is 1.73 bits per heavy atom. The topological polar surface area (TPSA) is 57.8 Å². The maximum absolute atomic E-state index is 12.9. The minimum Gasteiger partial charge on any atom is -0.324 e. The molecule has 3 rings (SSSR count). The number of rotatable bonds is 2. The number of carbonyl (C=O) groups is 1. The highest BCUT2D eigenvalue weighted by molar-refractivity contribution is 6.05. The molecule has 0 fully saturated rings. The molecular formula is C15H10F3N3O. The Morgan fingerprint density at radius 1 is 1.05 bits per heavy atom. The van der Waals surface area contributed by atoms with Gasteiger partial charge in [0.2, 0.25) is 5.95 Å². The average Bonchev–Trinajstić information content (AvgIpc) is 2.88. The molecule has 1 heterocycles. The zero-order valence-electron chi connectivity index (χ0n) is 11.1. The monoisotopic (exact) mass is 305 g/mol. The average molecular weight is 305 g/mol. The molecule has 0 atom stereocenters. The van der Waals surface area contributed by atoms with Crippen molar-refractivity contribution in [1.29, 1.82) is 0 Å². The number of amides is 1. The standard InChI is InChI=1S/C15H10F3N3O/c16-15(17,18)10-6-2-1-5-9(10)13(22)21-14-19-11-7-3-4-8-12(11)20-14/h1-8H,(H2,19,20,21,22). The number of H-pyrrole nitrogens is 1. The number of benzene rings is 2. The fourth-order valence-electron chi connectivity index (χ4n) is 2.12. The number of alkyl halides is 3. The number of halogens is 3. The third-order valence-corrected chi connectivity index (χ3v) is 3.10. The Kier molecular flexibility index (Phi) is 3.32. The van der Waals surface area contributed by atoms with Crippen LogP contribution >= 0.6 is 0 Å². The molecule has 0 aliphatic rings. The summed E-state index contributed by atoms with van der Waals surface area (Å²) in [7, 11) is 0. The van der Waals surface area contributed by atoms with E-state index in [1.165, 1.54) is 12.1 Å². The molecule has 112 valence electrons. The highest BCUT2D eigenvalue weighted by Gasteiger charge is 2.34. The van der Waals surface area contributed by atoms with Crippen LogP contribution in [-0.4, -0.2) is 15.9 Å². The second kappa shape index (κ2) is 5.18. The van der Waals surface area contributed by atoms with Gasteiger partial charge in [0.05, 0.1) is 22.2 Å². The summed E-state index contributed by atoms with van der Waals surface area (Å²) in [5.74, 6) is -0.768. The van der Waals surface area contributed by atoms with Crippen LogP contribution in [0, 0.1) is 0 Å². The van der Waals surface area contributed by atoms with Gasteiger partial charge < -0.3 is 4.98 Å². The van der Waals surface area contributed by atoms with Crippen LogP contribution in [0.1, 0.15) is 15.9 Å². The lowest BCUT2D eigenvalue weighted by Gasteiger charge is -2.11. The second-order valence-electron chi connectivity index (χ2n) is 4.60. The zero-order valence-corrected chi connectivity index (χ0v) is 11.1. The van der Waals surface area contributed by atoms with E-state index in [9.17, 15) is 18.0 Å². The number of fused-ring (bicyclic) bond motifs is 1. The lowest BCUT2D eigenvalue weighted by atomic mass is 10.1. The van der Waals surface area contributed by atoms with E-state index < -0.39 is 23.2 Å². The van der Waals surface area contributed by atoms with E-state index in [-0.39, 0.29) is 5.95 Å². The SMILES string of the molecule is O=C(Nc1nc2ccccc2[nH]1)c1ccccc1C(F)(F)F. The molecule has 0 saturated heterocycles. The number of hydrogen-bond acceptors (Lipinski definition) is 2. The van der Waals surface area contributed by atoms with Crippen molar-refractivity contribution in [3.05, 3.63) is 59.7 Å². The summed E-state index contributed by atoms with van der Waals surface area (Å²) in [5.41, 5.74) is -0.136. The Balaban J connectivity index is 1.92. The Labute approximate surface area is 123 Å². The molecule has 1 aromatic heterocycles. The minimum absolute atomic E-state index is 0.100. The molecule has 0 aliphatic heterocycles. The van der Waals surface area contributed by atoms with Crippen LogP contribution in [0.4, 0.5) is 19.1 Å². The predicted octanol–water partition coefficient (Wildman–Crippen LogP) is 3.83. The number of carbonyl (C=O) groups excluding carboxylic acids is 1. The van der Waals surface area contributed by atoms with Gasteiger partial charge in [-0.2, -0.15) is 13.2 Å². The minimum atomic E-state index is -4.60. The molecule has 7 heteroatoms. The van der Waals surface area contributed by atoms with Crippen LogP contribution in [0.5, 0.6) is 0 Å². The van der Waals surface area contributed by atoms with Gasteiger partial charge in [-0.25, -0.2) is 4.98 Å². The predicted molar refractivity (Wildman–Crippen MR) is 75.5 cm³/mol. The number of hydrogen-bond donors (Lipinski definition) is 2. The van der Waals surface area contributed by atoms with Crippen molar-refractivity contribution >= 4 is 22.9 Å². The molecule has 0 saturated carbocycles. The fourth-order valence-corrected chi connectivity index (χ4v) is 2.12. The van der Waals surface area contributed by atoms with Crippen molar-refractivity contribution in [2.45, 2.75) is 6.18 Å². The van der Waals surface area contributed by atoms with Gasteiger partial charge in [0.1, 0.15) is 0 Å². The van der Waals surface area contributed by atoms with E-state index in [2.05, 4.69) is 15.3 Å². The summed E-state index contributed by atoms with van der Waals surface area (Å²) >= 11 is 0. The van der Waals surface area contributed by atoms with Gasteiger partial charge in [0.15, 0.2) is 0 Å². The van der Waals surface area contributed by atoms with E-state index in [1.807, 2.05) is 0 Å². The number of para-hydroxylation sites is 2. The van der Waals surface area contributed by atoms with Crippen LogP contribution in [-0.2, 0) is 6.18 Å². The Hall–Kier alpha value is -2.83. The van der Waals surface area contributed by atoms with Gasteiger partial charge in [0.25, 0.3) is 5.91 Å². The lowest BCUT2D eigenvalue weighted by molar-refractivity contribution is -0.137. The Morgan fingerprint density at radius 3 is 2.45 bits per heavy atom. The second-order valence-corrected chi connectivity index (χ2v) is 4.60. The first kappa shape index (κ1) is 14.1. The molecule has 0 aliphatic carbocycles. The third-order valence-electron chi connectivity index (χ3n) is 3.10. The molecule has 0 spiro atoms. The highest BCUT2D eigenvalue weighted by atomic mass is 19.4. The molecule has 4 nitrogen and oxygen atoms in total. The molecule has 3 aromatic rings. The first-order valence-corrected chi connectivity index (χ1v) is 6.37.